The molecule has 3 N–H and O–H groups in total. The maximum absolute atomic E-state index is 10.8. The third kappa shape index (κ3) is 3.34. The van der Waals surface area contributed by atoms with Gasteiger partial charge >= 0.3 is 0 Å². The maximum atomic E-state index is 10.8. The summed E-state index contributed by atoms with van der Waals surface area (Å²) in [5.74, 6) is -0.491. The first-order valence-corrected chi connectivity index (χ1v) is 5.72. The lowest BCUT2D eigenvalue weighted by atomic mass is 9.93. The number of phenols is 2. The van der Waals surface area contributed by atoms with Crippen LogP contribution in [0.25, 0.3) is 0 Å². The maximum Gasteiger partial charge on any atom is 0.152 e. The third-order valence-corrected chi connectivity index (χ3v) is 2.88. The zero-order chi connectivity index (χ0) is 13.9. The zero-order valence-electron chi connectivity index (χ0n) is 10.7. The number of aliphatic hydroxyl groups excluding tert-OH is 1. The quantitative estimate of drug-likeness (QED) is 0.564. The average molecular weight is 250 g/mol. The largest absolute Gasteiger partial charge is 0.508 e. The Morgan fingerprint density at radius 3 is 2.44 bits per heavy atom. The molecule has 0 fully saturated rings. The highest BCUT2D eigenvalue weighted by Gasteiger charge is 2.18. The number of allylic oxidation sites excluding steroid dienone is 1. The number of rotatable bonds is 4. The van der Waals surface area contributed by atoms with Crippen LogP contribution in [0.5, 0.6) is 11.5 Å². The Labute approximate surface area is 106 Å². The highest BCUT2D eigenvalue weighted by molar-refractivity contribution is 5.87. The molecule has 1 aromatic rings. The number of hydrogen-bond donors (Lipinski definition) is 3. The number of aliphatic hydroxyl groups is 1. The number of carbonyl (C=O) groups excluding carboxylic acids is 1. The Kier molecular flexibility index (Phi) is 4.50. The molecule has 0 bridgehead atoms. The predicted octanol–water partition coefficient (Wildman–Crippen LogP) is 2.02. The molecule has 0 saturated heterocycles. The minimum atomic E-state index is -0.901. The Balaban J connectivity index is 3.00. The van der Waals surface area contributed by atoms with Gasteiger partial charge in [-0.2, -0.15) is 0 Å². The SMILES string of the molecule is CC(=O)/C=C/C(O)C(C)c1cc(O)c(C)cc1O. The van der Waals surface area contributed by atoms with Gasteiger partial charge in [-0.25, -0.2) is 0 Å². The molecular formula is C14H18O4. The first-order chi connectivity index (χ1) is 8.32. The third-order valence-electron chi connectivity index (χ3n) is 2.88. The van der Waals surface area contributed by atoms with Gasteiger partial charge in [0.25, 0.3) is 0 Å². The first kappa shape index (κ1) is 14.3. The molecule has 2 atom stereocenters. The van der Waals surface area contributed by atoms with Crippen molar-refractivity contribution in [3.63, 3.8) is 0 Å². The van der Waals surface area contributed by atoms with Gasteiger partial charge in [-0.1, -0.05) is 13.0 Å². The minimum absolute atomic E-state index is 0.0214. The molecule has 0 saturated carbocycles. The second-order valence-electron chi connectivity index (χ2n) is 4.45. The first-order valence-electron chi connectivity index (χ1n) is 5.72. The summed E-state index contributed by atoms with van der Waals surface area (Å²) in [4.78, 5) is 10.8. The van der Waals surface area contributed by atoms with E-state index < -0.39 is 12.0 Å². The average Bonchev–Trinajstić information content (AvgIpc) is 2.29. The number of aromatic hydroxyl groups is 2. The molecule has 98 valence electrons. The normalized spacial score (nSPS) is 14.7. The van der Waals surface area contributed by atoms with Crippen molar-refractivity contribution in [3.8, 4) is 11.5 Å². The molecule has 4 heteroatoms. The van der Waals surface area contributed by atoms with Crippen molar-refractivity contribution in [2.45, 2.75) is 32.8 Å². The molecule has 4 nitrogen and oxygen atoms in total. The van der Waals surface area contributed by atoms with Crippen molar-refractivity contribution in [2.24, 2.45) is 0 Å². The van der Waals surface area contributed by atoms with Gasteiger partial charge in [-0.05, 0) is 37.6 Å². The highest BCUT2D eigenvalue weighted by Crippen LogP contribution is 2.33. The lowest BCUT2D eigenvalue weighted by Crippen LogP contribution is -2.13. The molecule has 0 aromatic heterocycles. The van der Waals surface area contributed by atoms with Crippen molar-refractivity contribution >= 4 is 5.78 Å². The summed E-state index contributed by atoms with van der Waals surface area (Å²) in [5, 5.41) is 29.3. The molecule has 2 unspecified atom stereocenters. The zero-order valence-corrected chi connectivity index (χ0v) is 10.7. The van der Waals surface area contributed by atoms with Crippen LogP contribution in [0.4, 0.5) is 0 Å². The van der Waals surface area contributed by atoms with Gasteiger partial charge in [0.15, 0.2) is 5.78 Å². The Bertz CT molecular complexity index is 477. The fourth-order valence-electron chi connectivity index (χ4n) is 1.65. The molecule has 0 aliphatic carbocycles. The summed E-state index contributed by atoms with van der Waals surface area (Å²) in [6, 6.07) is 2.88. The Morgan fingerprint density at radius 2 is 1.89 bits per heavy atom. The van der Waals surface area contributed by atoms with Crippen LogP contribution in [0, 0.1) is 6.92 Å². The molecule has 0 aliphatic rings. The summed E-state index contributed by atoms with van der Waals surface area (Å²) < 4.78 is 0. The minimum Gasteiger partial charge on any atom is -0.508 e. The Hall–Kier alpha value is -1.81. The van der Waals surface area contributed by atoms with Gasteiger partial charge in [0.05, 0.1) is 6.10 Å². The molecule has 0 aliphatic heterocycles. The summed E-state index contributed by atoms with van der Waals surface area (Å²) in [5.41, 5.74) is 1.01. The van der Waals surface area contributed by atoms with Gasteiger partial charge in [0.2, 0.25) is 0 Å². The number of hydrogen-bond acceptors (Lipinski definition) is 4. The van der Waals surface area contributed by atoms with E-state index in [-0.39, 0.29) is 17.3 Å². The fourth-order valence-corrected chi connectivity index (χ4v) is 1.65. The molecule has 0 radical (unpaired) electrons. The van der Waals surface area contributed by atoms with Crippen molar-refractivity contribution in [1.82, 2.24) is 0 Å². The van der Waals surface area contributed by atoms with Crippen LogP contribution in [0.2, 0.25) is 0 Å². The molecular weight excluding hydrogens is 232 g/mol. The van der Waals surface area contributed by atoms with Gasteiger partial charge in [0.1, 0.15) is 11.5 Å². The van der Waals surface area contributed by atoms with Gasteiger partial charge < -0.3 is 15.3 Å². The van der Waals surface area contributed by atoms with E-state index in [2.05, 4.69) is 0 Å². The lowest BCUT2D eigenvalue weighted by molar-refractivity contribution is -0.112. The monoisotopic (exact) mass is 250 g/mol. The van der Waals surface area contributed by atoms with E-state index in [0.717, 1.165) is 0 Å². The van der Waals surface area contributed by atoms with Crippen LogP contribution >= 0.6 is 0 Å². The van der Waals surface area contributed by atoms with Crippen LogP contribution in [-0.2, 0) is 4.79 Å². The molecule has 0 spiro atoms. The van der Waals surface area contributed by atoms with Gasteiger partial charge in [-0.3, -0.25) is 4.79 Å². The van der Waals surface area contributed by atoms with Crippen LogP contribution in [0.3, 0.4) is 0 Å². The van der Waals surface area contributed by atoms with Gasteiger partial charge in [0, 0.05) is 11.5 Å². The van der Waals surface area contributed by atoms with Crippen molar-refractivity contribution < 1.29 is 20.1 Å². The van der Waals surface area contributed by atoms with Gasteiger partial charge in [-0.15, -0.1) is 0 Å². The summed E-state index contributed by atoms with van der Waals surface area (Å²) in [6.45, 7) is 4.78. The van der Waals surface area contributed by atoms with Crippen LogP contribution < -0.4 is 0 Å². The second-order valence-corrected chi connectivity index (χ2v) is 4.45. The number of benzene rings is 1. The topological polar surface area (TPSA) is 77.8 Å². The van der Waals surface area contributed by atoms with E-state index in [1.54, 1.807) is 13.8 Å². The highest BCUT2D eigenvalue weighted by atomic mass is 16.3. The fraction of sp³-hybridized carbons (Fsp3) is 0.357. The second kappa shape index (κ2) is 5.69. The van der Waals surface area contributed by atoms with Crippen molar-refractivity contribution in [2.75, 3.05) is 0 Å². The smallest absolute Gasteiger partial charge is 0.152 e. The molecule has 0 heterocycles. The van der Waals surface area contributed by atoms with E-state index in [1.807, 2.05) is 0 Å². The number of aryl methyl sites for hydroxylation is 1. The molecule has 18 heavy (non-hydrogen) atoms. The van der Waals surface area contributed by atoms with E-state index in [0.29, 0.717) is 11.1 Å². The molecule has 0 amide bonds. The Morgan fingerprint density at radius 1 is 1.28 bits per heavy atom. The summed E-state index contributed by atoms with van der Waals surface area (Å²) >= 11 is 0. The van der Waals surface area contributed by atoms with E-state index in [9.17, 15) is 20.1 Å². The van der Waals surface area contributed by atoms with Crippen LogP contribution in [-0.4, -0.2) is 27.2 Å². The van der Waals surface area contributed by atoms with Crippen molar-refractivity contribution in [1.29, 1.82) is 0 Å². The number of carbonyl (C=O) groups is 1. The number of phenolic OH excluding ortho intramolecular Hbond substituents is 2. The molecule has 1 rings (SSSR count). The number of ketones is 1. The molecule has 1 aromatic carbocycles. The standard InChI is InChI=1S/C14H18O4/c1-8-6-14(18)11(7-13(8)17)10(3)12(16)5-4-9(2)15/h4-7,10,12,16-18H,1-3H3/b5-4+. The summed E-state index contributed by atoms with van der Waals surface area (Å²) in [7, 11) is 0. The van der Waals surface area contributed by atoms with Crippen LogP contribution in [0.1, 0.15) is 30.9 Å². The lowest BCUT2D eigenvalue weighted by Gasteiger charge is -2.18. The van der Waals surface area contributed by atoms with Crippen LogP contribution in [0.15, 0.2) is 24.3 Å². The summed E-state index contributed by atoms with van der Waals surface area (Å²) in [6.07, 6.45) is 1.76. The van der Waals surface area contributed by atoms with E-state index >= 15 is 0 Å². The van der Waals surface area contributed by atoms with E-state index in [1.165, 1.54) is 31.2 Å². The van der Waals surface area contributed by atoms with E-state index in [4.69, 9.17) is 0 Å². The van der Waals surface area contributed by atoms with Crippen molar-refractivity contribution in [3.05, 3.63) is 35.4 Å². The predicted molar refractivity (Wildman–Crippen MR) is 68.8 cm³/mol.